The number of hydrogen-bond donors (Lipinski definition) is 8. The number of carbonyl (C=O) groups excluding carboxylic acids is 6. The molecule has 1 aliphatic heterocycles. The molecule has 1 aromatic carbocycles. The van der Waals surface area contributed by atoms with Gasteiger partial charge in [-0.25, -0.2) is 4.79 Å². The molecule has 8 N–H and O–H groups in total. The first-order valence-corrected chi connectivity index (χ1v) is 17.1. The molecule has 51 heavy (non-hydrogen) atoms. The van der Waals surface area contributed by atoms with Crippen molar-refractivity contribution in [2.45, 2.75) is 116 Å². The van der Waals surface area contributed by atoms with Crippen LogP contribution in [-0.2, 0) is 44.7 Å². The number of carboxylic acid groups (broad SMARTS) is 1. The van der Waals surface area contributed by atoms with Crippen molar-refractivity contribution in [1.29, 1.82) is 0 Å². The Hall–Kier alpha value is -4.41. The number of rotatable bonds is 19. The van der Waals surface area contributed by atoms with E-state index in [9.17, 15) is 48.9 Å². The van der Waals surface area contributed by atoms with Crippen molar-refractivity contribution in [1.82, 2.24) is 26.6 Å². The Morgan fingerprint density at radius 3 is 1.71 bits per heavy atom. The highest BCUT2D eigenvalue weighted by molar-refractivity contribution is 6.03. The zero-order valence-electron chi connectivity index (χ0n) is 30.2. The van der Waals surface area contributed by atoms with Gasteiger partial charge in [-0.1, -0.05) is 58.0 Å². The van der Waals surface area contributed by atoms with Gasteiger partial charge in [-0.05, 0) is 44.6 Å². The fraction of sp³-hybridized carbons (Fsp3) is 0.629. The van der Waals surface area contributed by atoms with E-state index in [2.05, 4.69) is 26.6 Å². The van der Waals surface area contributed by atoms with Crippen LogP contribution in [0.4, 0.5) is 0 Å². The summed E-state index contributed by atoms with van der Waals surface area (Å²) in [6.07, 6.45) is -2.66. The lowest BCUT2D eigenvalue weighted by molar-refractivity contribution is -0.147. The maximum Gasteiger partial charge on any atom is 0.326 e. The predicted molar refractivity (Wildman–Crippen MR) is 183 cm³/mol. The van der Waals surface area contributed by atoms with Crippen molar-refractivity contribution in [2.75, 3.05) is 6.61 Å². The number of aliphatic hydroxyl groups excluding tert-OH is 2. The van der Waals surface area contributed by atoms with Gasteiger partial charge in [-0.2, -0.15) is 0 Å². The van der Waals surface area contributed by atoms with Crippen LogP contribution in [0.5, 0.6) is 0 Å². The van der Waals surface area contributed by atoms with Crippen LogP contribution in [0.2, 0.25) is 0 Å². The number of ketones is 1. The summed E-state index contributed by atoms with van der Waals surface area (Å²) in [4.78, 5) is 90.7. The monoisotopic (exact) mass is 719 g/mol. The zero-order chi connectivity index (χ0) is 38.6. The minimum atomic E-state index is -1.71. The Bertz CT molecular complexity index is 1400. The van der Waals surface area contributed by atoms with E-state index in [0.29, 0.717) is 5.56 Å². The molecule has 8 atom stereocenters. The number of ether oxygens (including phenoxy) is 1. The predicted octanol–water partition coefficient (Wildman–Crippen LogP) is -0.455. The van der Waals surface area contributed by atoms with Gasteiger partial charge >= 0.3 is 5.97 Å². The van der Waals surface area contributed by atoms with Crippen molar-refractivity contribution >= 4 is 41.3 Å². The van der Waals surface area contributed by atoms with Crippen LogP contribution in [0.1, 0.15) is 73.3 Å². The van der Waals surface area contributed by atoms with Crippen molar-refractivity contribution in [2.24, 2.45) is 17.8 Å². The molecule has 5 amide bonds. The topological polar surface area (TPSA) is 250 Å². The standard InChI is InChI=1S/C35H53N5O11/c1-18(2)15-24(31(46)40-35(17-19(3)4)26(43)13-14-51-35)36-32(47)27(21(6)41)39-33(48)28(22(7)42)38-30(45)20(5)29(44)37-25(34(49)50)16-23-11-9-8-10-12-23/h8-12,18-22,24-25,27-28,41-42H,13-17H2,1-7H3,(H,36,47)(H,37,44)(H,38,45)(H,39,48)(H,40,46)(H,49,50)/t20?,21-,22+,24-,25-,27-,28-,35?/m0/s1. The van der Waals surface area contributed by atoms with E-state index < -0.39 is 83.5 Å². The van der Waals surface area contributed by atoms with Crippen molar-refractivity contribution in [3.8, 4) is 0 Å². The fourth-order valence-corrected chi connectivity index (χ4v) is 5.55. The van der Waals surface area contributed by atoms with E-state index in [4.69, 9.17) is 4.74 Å². The summed E-state index contributed by atoms with van der Waals surface area (Å²) in [5, 5.41) is 42.5. The molecule has 284 valence electrons. The number of nitrogens with one attached hydrogen (secondary N) is 5. The summed E-state index contributed by atoms with van der Waals surface area (Å²) in [6, 6.07) is 2.60. The van der Waals surface area contributed by atoms with Gasteiger partial charge in [-0.3, -0.25) is 28.8 Å². The summed E-state index contributed by atoms with van der Waals surface area (Å²) in [7, 11) is 0. The van der Waals surface area contributed by atoms with Crippen molar-refractivity contribution in [3.05, 3.63) is 35.9 Å². The van der Waals surface area contributed by atoms with Crippen LogP contribution in [0.3, 0.4) is 0 Å². The number of aliphatic hydroxyl groups is 2. The van der Waals surface area contributed by atoms with Crippen LogP contribution in [-0.4, -0.2) is 105 Å². The normalized spacial score (nSPS) is 19.9. The molecule has 0 spiro atoms. The number of hydrogen-bond acceptors (Lipinski definition) is 10. The molecule has 1 aliphatic rings. The van der Waals surface area contributed by atoms with Crippen LogP contribution >= 0.6 is 0 Å². The smallest absolute Gasteiger partial charge is 0.326 e. The lowest BCUT2D eigenvalue weighted by Gasteiger charge is -2.33. The number of amides is 5. The van der Waals surface area contributed by atoms with Crippen LogP contribution in [0.15, 0.2) is 30.3 Å². The first kappa shape index (κ1) is 42.8. The molecule has 1 aromatic rings. The molecule has 1 fully saturated rings. The maximum absolute atomic E-state index is 13.5. The second kappa shape index (κ2) is 19.3. The average molecular weight is 720 g/mol. The molecule has 16 nitrogen and oxygen atoms in total. The molecule has 2 rings (SSSR count). The van der Waals surface area contributed by atoms with E-state index in [1.165, 1.54) is 20.8 Å². The van der Waals surface area contributed by atoms with Gasteiger partial charge in [0.25, 0.3) is 0 Å². The van der Waals surface area contributed by atoms with Crippen molar-refractivity contribution in [3.63, 3.8) is 0 Å². The molecule has 0 aromatic heterocycles. The Labute approximate surface area is 297 Å². The van der Waals surface area contributed by atoms with E-state index in [-0.39, 0.29) is 49.9 Å². The van der Waals surface area contributed by atoms with Crippen LogP contribution in [0, 0.1) is 17.8 Å². The summed E-state index contributed by atoms with van der Waals surface area (Å²) in [5.41, 5.74) is -0.912. The molecule has 0 saturated carbocycles. The molecule has 1 heterocycles. The second-order valence-corrected chi connectivity index (χ2v) is 13.9. The van der Waals surface area contributed by atoms with Gasteiger partial charge in [-0.15, -0.1) is 0 Å². The van der Waals surface area contributed by atoms with E-state index in [1.807, 2.05) is 27.7 Å². The van der Waals surface area contributed by atoms with Gasteiger partial charge in [0.2, 0.25) is 35.3 Å². The van der Waals surface area contributed by atoms with E-state index >= 15 is 0 Å². The summed E-state index contributed by atoms with van der Waals surface area (Å²) in [6.45, 7) is 11.1. The summed E-state index contributed by atoms with van der Waals surface area (Å²) < 4.78 is 5.70. The fourth-order valence-electron chi connectivity index (χ4n) is 5.55. The van der Waals surface area contributed by atoms with Gasteiger partial charge in [0.1, 0.15) is 30.1 Å². The molecule has 0 bridgehead atoms. The molecule has 2 unspecified atom stereocenters. The zero-order valence-corrected chi connectivity index (χ0v) is 30.2. The van der Waals surface area contributed by atoms with E-state index in [1.54, 1.807) is 30.3 Å². The number of carboxylic acids is 1. The summed E-state index contributed by atoms with van der Waals surface area (Å²) >= 11 is 0. The Balaban J connectivity index is 2.16. The van der Waals surface area contributed by atoms with Gasteiger partial charge in [0.05, 0.1) is 18.8 Å². The average Bonchev–Trinajstić information content (AvgIpc) is 3.38. The van der Waals surface area contributed by atoms with E-state index in [0.717, 1.165) is 0 Å². The Morgan fingerprint density at radius 2 is 1.24 bits per heavy atom. The number of aliphatic carboxylic acids is 1. The molecular formula is C35H53N5O11. The minimum Gasteiger partial charge on any atom is -0.480 e. The largest absolute Gasteiger partial charge is 0.480 e. The van der Waals surface area contributed by atoms with Gasteiger partial charge in [0, 0.05) is 19.3 Å². The van der Waals surface area contributed by atoms with Crippen molar-refractivity contribution < 1.29 is 53.6 Å². The molecule has 0 aliphatic carbocycles. The highest BCUT2D eigenvalue weighted by Gasteiger charge is 2.46. The quantitative estimate of drug-likeness (QED) is 0.0850. The minimum absolute atomic E-state index is 0.0126. The third-order valence-corrected chi connectivity index (χ3v) is 8.30. The number of benzene rings is 1. The summed E-state index contributed by atoms with van der Waals surface area (Å²) in [5.74, 6) is -7.97. The lowest BCUT2D eigenvalue weighted by atomic mass is 9.95. The second-order valence-electron chi connectivity index (χ2n) is 13.9. The lowest BCUT2D eigenvalue weighted by Crippen LogP contribution is -2.63. The van der Waals surface area contributed by atoms with Crippen LogP contribution < -0.4 is 26.6 Å². The maximum atomic E-state index is 13.5. The highest BCUT2D eigenvalue weighted by Crippen LogP contribution is 2.27. The Kier molecular flexibility index (Phi) is 16.2. The highest BCUT2D eigenvalue weighted by atomic mass is 16.5. The molecule has 1 saturated heterocycles. The Morgan fingerprint density at radius 1 is 0.725 bits per heavy atom. The van der Waals surface area contributed by atoms with Crippen LogP contribution in [0.25, 0.3) is 0 Å². The van der Waals surface area contributed by atoms with Gasteiger partial charge in [0.15, 0.2) is 5.78 Å². The number of Topliss-reactive ketones (excluding diaryl/α,β-unsaturated/α-hetero) is 1. The third kappa shape index (κ3) is 12.7. The van der Waals surface area contributed by atoms with Gasteiger partial charge < -0.3 is 46.6 Å². The molecule has 16 heteroatoms. The third-order valence-electron chi connectivity index (χ3n) is 8.30. The molecular weight excluding hydrogens is 666 g/mol. The number of carbonyl (C=O) groups is 7. The SMILES string of the molecule is CC(C)C[C@H](NC(=O)[C@@H](NC(=O)[C@@H](NC(=O)C(C)C(=O)N[C@@H](Cc1ccccc1)C(=O)O)[C@@H](C)O)[C@H](C)O)C(=O)NC1(CC(C)C)OCCC1=O. The first-order valence-electron chi connectivity index (χ1n) is 17.1. The molecule has 0 radical (unpaired) electrons. The first-order chi connectivity index (χ1) is 23.8.